The number of rotatable bonds is 6. The van der Waals surface area contributed by atoms with Gasteiger partial charge in [-0.15, -0.1) is 0 Å². The number of carbonyl (C=O) groups excluding carboxylic acids is 1. The van der Waals surface area contributed by atoms with Crippen LogP contribution < -0.4 is 0 Å². The predicted octanol–water partition coefficient (Wildman–Crippen LogP) is 4.01. The number of likely N-dealkylation sites (tertiary alicyclic amines) is 1. The van der Waals surface area contributed by atoms with Crippen LogP contribution in [0, 0.1) is 18.3 Å². The van der Waals surface area contributed by atoms with Crippen LogP contribution in [0.25, 0.3) is 16.6 Å². The summed E-state index contributed by atoms with van der Waals surface area (Å²) in [6, 6.07) is 15.7. The van der Waals surface area contributed by atoms with Gasteiger partial charge in [0.05, 0.1) is 23.7 Å². The van der Waals surface area contributed by atoms with E-state index in [4.69, 9.17) is 5.26 Å². The average Bonchev–Trinajstić information content (AvgIpc) is 3.06. The zero-order valence-corrected chi connectivity index (χ0v) is 17.4. The number of hydrogen-bond donors (Lipinski definition) is 1. The number of aliphatic hydroxyl groups excluding tert-OH is 1. The average molecular weight is 402 g/mol. The molecule has 1 aliphatic rings. The first-order chi connectivity index (χ1) is 14.6. The fraction of sp³-hybridized carbons (Fsp3) is 0.360. The molecule has 1 saturated heterocycles. The molecule has 0 spiro atoms. The molecule has 4 rings (SSSR count). The fourth-order valence-electron chi connectivity index (χ4n) is 4.52. The summed E-state index contributed by atoms with van der Waals surface area (Å²) in [7, 11) is 0. The summed E-state index contributed by atoms with van der Waals surface area (Å²) < 4.78 is 2.10. The molecule has 3 aromatic rings. The molecule has 1 fully saturated rings. The number of hydrogen-bond acceptors (Lipinski definition) is 4. The largest absolute Gasteiger partial charge is 0.396 e. The lowest BCUT2D eigenvalue weighted by Gasteiger charge is -2.25. The monoisotopic (exact) mass is 401 g/mol. The van der Waals surface area contributed by atoms with Gasteiger partial charge in [0.25, 0.3) is 0 Å². The number of benzene rings is 2. The number of fused-ring (bicyclic) bond motifs is 1. The summed E-state index contributed by atoms with van der Waals surface area (Å²) >= 11 is 0. The molecule has 0 amide bonds. The van der Waals surface area contributed by atoms with Gasteiger partial charge in [0.2, 0.25) is 0 Å². The molecule has 5 heteroatoms. The van der Waals surface area contributed by atoms with Crippen LogP contribution in [0.3, 0.4) is 0 Å². The van der Waals surface area contributed by atoms with Gasteiger partial charge >= 0.3 is 0 Å². The Kier molecular flexibility index (Phi) is 5.98. The van der Waals surface area contributed by atoms with Gasteiger partial charge in [-0.3, -0.25) is 9.69 Å². The summed E-state index contributed by atoms with van der Waals surface area (Å²) in [5, 5.41) is 19.4. The molecule has 1 aromatic heterocycles. The molecular weight excluding hydrogens is 374 g/mol. The number of ketones is 1. The first kappa shape index (κ1) is 20.3. The molecule has 1 N–H and O–H groups in total. The van der Waals surface area contributed by atoms with Gasteiger partial charge in [0.15, 0.2) is 5.78 Å². The summed E-state index contributed by atoms with van der Waals surface area (Å²) in [5.41, 5.74) is 5.22. The third-order valence-corrected chi connectivity index (χ3v) is 6.02. The molecule has 154 valence electrons. The normalized spacial score (nSPS) is 14.7. The van der Waals surface area contributed by atoms with Gasteiger partial charge in [-0.25, -0.2) is 0 Å². The maximum atomic E-state index is 13.4. The van der Waals surface area contributed by atoms with E-state index in [2.05, 4.69) is 21.6 Å². The van der Waals surface area contributed by atoms with Gasteiger partial charge in [-0.05, 0) is 75.2 Å². The van der Waals surface area contributed by atoms with E-state index < -0.39 is 0 Å². The van der Waals surface area contributed by atoms with Crippen LogP contribution in [0.2, 0.25) is 0 Å². The minimum atomic E-state index is 0.0861. The van der Waals surface area contributed by atoms with Gasteiger partial charge in [0.1, 0.15) is 0 Å². The molecule has 2 heterocycles. The van der Waals surface area contributed by atoms with Gasteiger partial charge in [-0.2, -0.15) is 5.26 Å². The van der Waals surface area contributed by atoms with Crippen LogP contribution in [-0.2, 0) is 6.42 Å². The second-order valence-electron chi connectivity index (χ2n) is 8.04. The van der Waals surface area contributed by atoms with Gasteiger partial charge in [-0.1, -0.05) is 18.6 Å². The van der Waals surface area contributed by atoms with Crippen molar-refractivity contribution in [1.82, 2.24) is 9.47 Å². The Bertz CT molecular complexity index is 1100. The highest BCUT2D eigenvalue weighted by molar-refractivity contribution is 6.11. The number of nitriles is 1. The minimum absolute atomic E-state index is 0.0861. The van der Waals surface area contributed by atoms with E-state index in [9.17, 15) is 9.90 Å². The van der Waals surface area contributed by atoms with E-state index in [-0.39, 0.29) is 12.4 Å². The van der Waals surface area contributed by atoms with Crippen molar-refractivity contribution < 1.29 is 9.90 Å². The van der Waals surface area contributed by atoms with Crippen LogP contribution in [0.5, 0.6) is 0 Å². The van der Waals surface area contributed by atoms with Crippen LogP contribution in [0.1, 0.15) is 46.4 Å². The Hall–Kier alpha value is -2.94. The first-order valence-corrected chi connectivity index (χ1v) is 10.6. The van der Waals surface area contributed by atoms with Gasteiger partial charge in [0, 0.05) is 28.9 Å². The molecule has 2 aromatic carbocycles. The Morgan fingerprint density at radius 1 is 1.10 bits per heavy atom. The summed E-state index contributed by atoms with van der Waals surface area (Å²) in [6.07, 6.45) is 4.13. The summed E-state index contributed by atoms with van der Waals surface area (Å²) in [6.45, 7) is 4.50. The Labute approximate surface area is 177 Å². The van der Waals surface area contributed by atoms with Crippen molar-refractivity contribution in [3.05, 3.63) is 64.8 Å². The smallest absolute Gasteiger partial charge is 0.179 e. The zero-order valence-electron chi connectivity index (χ0n) is 17.4. The van der Waals surface area contributed by atoms with E-state index in [1.165, 1.54) is 6.42 Å². The second-order valence-corrected chi connectivity index (χ2v) is 8.04. The van der Waals surface area contributed by atoms with Crippen molar-refractivity contribution in [1.29, 1.82) is 5.26 Å². The first-order valence-electron chi connectivity index (χ1n) is 10.6. The number of Topliss-reactive ketones (excluding diaryl/α,β-unsaturated/α-hetero) is 1. The van der Waals surface area contributed by atoms with Crippen LogP contribution in [0.15, 0.2) is 42.5 Å². The highest BCUT2D eigenvalue weighted by atomic mass is 16.3. The molecule has 0 atom stereocenters. The molecular formula is C25H27N3O2. The molecule has 5 nitrogen and oxygen atoms in total. The summed E-state index contributed by atoms with van der Waals surface area (Å²) in [5.74, 6) is 0.154. The quantitative estimate of drug-likeness (QED) is 0.634. The van der Waals surface area contributed by atoms with Crippen molar-refractivity contribution >= 4 is 16.7 Å². The molecule has 30 heavy (non-hydrogen) atoms. The maximum Gasteiger partial charge on any atom is 0.179 e. The Morgan fingerprint density at radius 2 is 1.83 bits per heavy atom. The van der Waals surface area contributed by atoms with E-state index in [1.807, 2.05) is 31.2 Å². The Balaban J connectivity index is 1.82. The Morgan fingerprint density at radius 3 is 2.50 bits per heavy atom. The second kappa shape index (κ2) is 8.83. The molecule has 0 radical (unpaired) electrons. The standard InChI is InChI=1S/C25H27N3O2/c1-18-25(24(30)17-27-12-3-2-4-13-27)22-10-7-19(11-14-29)15-23(22)28(18)21-8-5-20(16-26)6-9-21/h5-10,15,29H,2-4,11-14,17H2,1H3. The van der Waals surface area contributed by atoms with Gasteiger partial charge < -0.3 is 9.67 Å². The van der Waals surface area contributed by atoms with Crippen LogP contribution >= 0.6 is 0 Å². The van der Waals surface area contributed by atoms with Crippen LogP contribution in [0.4, 0.5) is 0 Å². The zero-order chi connectivity index (χ0) is 21.1. The predicted molar refractivity (Wildman–Crippen MR) is 118 cm³/mol. The number of aromatic nitrogens is 1. The molecule has 0 aliphatic carbocycles. The van der Waals surface area contributed by atoms with E-state index in [0.717, 1.165) is 59.3 Å². The number of nitrogens with zero attached hydrogens (tertiary/aromatic N) is 3. The van der Waals surface area contributed by atoms with E-state index in [1.54, 1.807) is 12.1 Å². The third kappa shape index (κ3) is 3.89. The minimum Gasteiger partial charge on any atom is -0.396 e. The topological polar surface area (TPSA) is 69.3 Å². The van der Waals surface area contributed by atoms with Crippen molar-refractivity contribution in [3.63, 3.8) is 0 Å². The van der Waals surface area contributed by atoms with E-state index in [0.29, 0.717) is 18.5 Å². The van der Waals surface area contributed by atoms with Crippen molar-refractivity contribution in [2.24, 2.45) is 0 Å². The maximum absolute atomic E-state index is 13.4. The lowest BCUT2D eigenvalue weighted by atomic mass is 10.0. The molecule has 0 unspecified atom stereocenters. The lowest BCUT2D eigenvalue weighted by Crippen LogP contribution is -2.34. The number of carbonyl (C=O) groups is 1. The SMILES string of the molecule is Cc1c(C(=O)CN2CCCCC2)c2ccc(CCO)cc2n1-c1ccc(C#N)cc1. The summed E-state index contributed by atoms with van der Waals surface area (Å²) in [4.78, 5) is 15.6. The molecule has 0 bridgehead atoms. The number of piperidine rings is 1. The highest BCUT2D eigenvalue weighted by Crippen LogP contribution is 2.31. The fourth-order valence-corrected chi connectivity index (χ4v) is 4.52. The highest BCUT2D eigenvalue weighted by Gasteiger charge is 2.23. The van der Waals surface area contributed by atoms with E-state index >= 15 is 0 Å². The van der Waals surface area contributed by atoms with Crippen molar-refractivity contribution in [3.8, 4) is 11.8 Å². The molecule has 1 aliphatic heterocycles. The third-order valence-electron chi connectivity index (χ3n) is 6.02. The lowest BCUT2D eigenvalue weighted by molar-refractivity contribution is 0.0916. The van der Waals surface area contributed by atoms with Crippen molar-refractivity contribution in [2.75, 3.05) is 26.2 Å². The number of aliphatic hydroxyl groups is 1. The van der Waals surface area contributed by atoms with Crippen molar-refractivity contribution in [2.45, 2.75) is 32.6 Å². The molecule has 0 saturated carbocycles. The van der Waals surface area contributed by atoms with Crippen LogP contribution in [-0.4, -0.2) is 46.6 Å².